The van der Waals surface area contributed by atoms with Crippen LogP contribution in [0.15, 0.2) is 53.8 Å². The summed E-state index contributed by atoms with van der Waals surface area (Å²) < 4.78 is 0. The summed E-state index contributed by atoms with van der Waals surface area (Å²) in [5, 5.41) is 10.1. The summed E-state index contributed by atoms with van der Waals surface area (Å²) in [6.45, 7) is 12.1. The van der Waals surface area contributed by atoms with Gasteiger partial charge in [0.1, 0.15) is 5.76 Å². The molecule has 3 rings (SSSR count). The Kier molecular flexibility index (Phi) is 7.47. The highest BCUT2D eigenvalue weighted by Gasteiger charge is 2.18. The Bertz CT molecular complexity index is 1200. The summed E-state index contributed by atoms with van der Waals surface area (Å²) >= 11 is 0. The van der Waals surface area contributed by atoms with Crippen molar-refractivity contribution in [3.63, 3.8) is 0 Å². The highest BCUT2D eigenvalue weighted by molar-refractivity contribution is 5.94. The molecule has 1 aliphatic carbocycles. The average molecular weight is 429 g/mol. The number of nitrogens with one attached hydrogen (secondary N) is 2. The predicted molar refractivity (Wildman–Crippen MR) is 133 cm³/mol. The van der Waals surface area contributed by atoms with E-state index in [9.17, 15) is 4.79 Å². The molecule has 0 heterocycles. The summed E-state index contributed by atoms with van der Waals surface area (Å²) in [7, 11) is 0. The van der Waals surface area contributed by atoms with Crippen molar-refractivity contribution in [1.82, 2.24) is 5.48 Å². The minimum atomic E-state index is -0.273. The number of rotatable bonds is 5. The van der Waals surface area contributed by atoms with Gasteiger partial charge in [0.25, 0.3) is 5.91 Å². The van der Waals surface area contributed by atoms with Crippen LogP contribution in [-0.2, 0) is 4.84 Å². The molecule has 4 nitrogen and oxygen atoms in total. The molecule has 2 aromatic rings. The number of aryl methyl sites for hydroxylation is 1. The van der Waals surface area contributed by atoms with Crippen LogP contribution in [0.3, 0.4) is 0 Å². The Balaban J connectivity index is 2.04. The highest BCUT2D eigenvalue weighted by atomic mass is 16.7. The normalized spacial score (nSPS) is 17.6. The van der Waals surface area contributed by atoms with E-state index < -0.39 is 0 Å². The fourth-order valence-electron chi connectivity index (χ4n) is 4.20. The van der Waals surface area contributed by atoms with Gasteiger partial charge >= 0.3 is 0 Å². The monoisotopic (exact) mass is 428 g/mol. The van der Waals surface area contributed by atoms with Crippen LogP contribution in [0.2, 0.25) is 0 Å². The van der Waals surface area contributed by atoms with E-state index in [2.05, 4.69) is 25.0 Å². The first-order valence-corrected chi connectivity index (χ1v) is 11.1. The quantitative estimate of drug-likeness (QED) is 0.391. The molecular weight excluding hydrogens is 396 g/mol. The van der Waals surface area contributed by atoms with E-state index in [0.717, 1.165) is 52.8 Å². The Morgan fingerprint density at radius 2 is 1.72 bits per heavy atom. The van der Waals surface area contributed by atoms with E-state index in [-0.39, 0.29) is 5.91 Å². The Morgan fingerprint density at radius 1 is 1.06 bits per heavy atom. The van der Waals surface area contributed by atoms with Gasteiger partial charge in [0.2, 0.25) is 0 Å². The first-order valence-electron chi connectivity index (χ1n) is 11.1. The Labute approximate surface area is 190 Å². The van der Waals surface area contributed by atoms with Crippen molar-refractivity contribution >= 4 is 29.8 Å². The van der Waals surface area contributed by atoms with Gasteiger partial charge < -0.3 is 10.2 Å². The van der Waals surface area contributed by atoms with Gasteiger partial charge in [-0.3, -0.25) is 4.79 Å². The molecule has 2 N–H and O–H groups in total. The second-order valence-corrected chi connectivity index (χ2v) is 8.27. The zero-order valence-electron chi connectivity index (χ0n) is 19.5. The third-order valence-electron chi connectivity index (χ3n) is 6.21. The van der Waals surface area contributed by atoms with E-state index in [1.54, 1.807) is 13.0 Å². The van der Waals surface area contributed by atoms with Crippen LogP contribution < -0.4 is 15.9 Å². The minimum absolute atomic E-state index is 0.273. The van der Waals surface area contributed by atoms with Crippen LogP contribution in [0.25, 0.3) is 17.7 Å². The number of allylic oxidation sites excluding steroid dienone is 4. The van der Waals surface area contributed by atoms with Crippen LogP contribution >= 0.6 is 0 Å². The van der Waals surface area contributed by atoms with Gasteiger partial charge in [-0.15, -0.1) is 0 Å². The molecule has 0 spiro atoms. The maximum Gasteiger partial charge on any atom is 0.283 e. The summed E-state index contributed by atoms with van der Waals surface area (Å²) in [4.78, 5) is 17.5. The number of amides is 1. The maximum atomic E-state index is 12.3. The molecule has 166 valence electrons. The maximum absolute atomic E-state index is 12.3. The standard InChI is InChI=1S/C28H32N2O2/c1-6-20(4)32-30-28(31)23-15-13-22(14-16-23)21(5)24-9-7-8-10-25(24)27-19(3)12-11-18(2)26(27)17-29/h6,11-17,29H,3,7-10H2,1-2,4-5H3,(H,30,31)/b20-6-,24-21+,27-25+,29-17?. The molecule has 32 heavy (non-hydrogen) atoms. The molecule has 0 bridgehead atoms. The average Bonchev–Trinajstić information content (AvgIpc) is 2.83. The first kappa shape index (κ1) is 23.3. The second-order valence-electron chi connectivity index (χ2n) is 8.27. The van der Waals surface area contributed by atoms with Crippen molar-refractivity contribution < 1.29 is 9.63 Å². The van der Waals surface area contributed by atoms with Gasteiger partial charge in [-0.1, -0.05) is 30.8 Å². The molecule has 1 amide bonds. The summed E-state index contributed by atoms with van der Waals surface area (Å²) in [5.74, 6) is 0.367. The lowest BCUT2D eigenvalue weighted by atomic mass is 9.82. The lowest BCUT2D eigenvalue weighted by molar-refractivity contribution is 0.0585. The molecule has 1 saturated carbocycles. The van der Waals surface area contributed by atoms with E-state index in [0.29, 0.717) is 11.3 Å². The lowest BCUT2D eigenvalue weighted by Gasteiger charge is -2.23. The van der Waals surface area contributed by atoms with Crippen LogP contribution in [-0.4, -0.2) is 12.1 Å². The number of hydrogen-bond donors (Lipinski definition) is 2. The largest absolute Gasteiger partial charge is 0.384 e. The van der Waals surface area contributed by atoms with Crippen LogP contribution in [0.4, 0.5) is 0 Å². The van der Waals surface area contributed by atoms with Gasteiger partial charge in [-0.05, 0) is 110 Å². The highest BCUT2D eigenvalue weighted by Crippen LogP contribution is 2.35. The molecule has 0 radical (unpaired) electrons. The van der Waals surface area contributed by atoms with Crippen molar-refractivity contribution in [2.24, 2.45) is 0 Å². The van der Waals surface area contributed by atoms with Crippen molar-refractivity contribution in [2.45, 2.75) is 53.4 Å². The molecule has 1 aliphatic rings. The number of hydrogen-bond acceptors (Lipinski definition) is 3. The summed E-state index contributed by atoms with van der Waals surface area (Å²) in [6.07, 6.45) is 7.52. The third-order valence-corrected chi connectivity index (χ3v) is 6.21. The van der Waals surface area contributed by atoms with Crippen molar-refractivity contribution in [3.8, 4) is 0 Å². The lowest BCUT2D eigenvalue weighted by Crippen LogP contribution is -2.32. The molecule has 0 unspecified atom stereocenters. The van der Waals surface area contributed by atoms with E-state index in [4.69, 9.17) is 10.2 Å². The van der Waals surface area contributed by atoms with Crippen molar-refractivity contribution in [3.05, 3.63) is 86.5 Å². The zero-order chi connectivity index (χ0) is 23.3. The van der Waals surface area contributed by atoms with Crippen LogP contribution in [0.5, 0.6) is 0 Å². The Hall–Kier alpha value is -3.40. The van der Waals surface area contributed by atoms with Crippen LogP contribution in [0, 0.1) is 12.3 Å². The number of benzene rings is 2. The van der Waals surface area contributed by atoms with Crippen molar-refractivity contribution in [1.29, 1.82) is 5.41 Å². The van der Waals surface area contributed by atoms with E-state index >= 15 is 0 Å². The number of carbonyl (C=O) groups excluding carboxylic acids is 1. The van der Waals surface area contributed by atoms with Gasteiger partial charge in [0, 0.05) is 17.3 Å². The number of carbonyl (C=O) groups is 1. The fraction of sp³-hybridized carbons (Fsp3) is 0.286. The van der Waals surface area contributed by atoms with Gasteiger partial charge in [0.05, 0.1) is 0 Å². The smallest absolute Gasteiger partial charge is 0.283 e. The molecule has 0 atom stereocenters. The van der Waals surface area contributed by atoms with Gasteiger partial charge in [-0.2, -0.15) is 5.48 Å². The Morgan fingerprint density at radius 3 is 2.38 bits per heavy atom. The van der Waals surface area contributed by atoms with Gasteiger partial charge in [-0.25, -0.2) is 0 Å². The van der Waals surface area contributed by atoms with Crippen LogP contribution in [0.1, 0.15) is 73.5 Å². The summed E-state index contributed by atoms with van der Waals surface area (Å²) in [5.41, 5.74) is 10.0. The minimum Gasteiger partial charge on any atom is -0.384 e. The molecule has 0 saturated heterocycles. The predicted octanol–water partition coefficient (Wildman–Crippen LogP) is 5.19. The SMILES string of the molecule is C=c1ccc(C)c(C=N)/c1=C1\CCCC\C1=C(\C)c1ccc(C(=O)NO/C(C)=C\C)cc1. The molecule has 4 heteroatoms. The molecular formula is C28H32N2O2. The van der Waals surface area contributed by atoms with E-state index in [1.165, 1.54) is 22.9 Å². The first-order chi connectivity index (χ1) is 15.4. The topological polar surface area (TPSA) is 62.2 Å². The summed E-state index contributed by atoms with van der Waals surface area (Å²) in [6, 6.07) is 11.7. The molecule has 0 aliphatic heterocycles. The van der Waals surface area contributed by atoms with Gasteiger partial charge in [0.15, 0.2) is 0 Å². The molecule has 1 fully saturated rings. The zero-order valence-corrected chi connectivity index (χ0v) is 19.5. The third kappa shape index (κ3) is 4.91. The molecule has 2 aromatic carbocycles. The number of hydroxylamine groups is 1. The van der Waals surface area contributed by atoms with E-state index in [1.807, 2.05) is 44.2 Å². The second kappa shape index (κ2) is 10.3. The molecule has 0 aromatic heterocycles. The van der Waals surface area contributed by atoms with Crippen molar-refractivity contribution in [2.75, 3.05) is 0 Å². The fourth-order valence-corrected chi connectivity index (χ4v) is 4.20.